The van der Waals surface area contributed by atoms with Gasteiger partial charge in [0.15, 0.2) is 0 Å². The molecule has 0 aromatic carbocycles. The van der Waals surface area contributed by atoms with Crippen LogP contribution in [-0.2, 0) is 9.53 Å². The van der Waals surface area contributed by atoms with E-state index in [1.54, 1.807) is 6.92 Å². The Labute approximate surface area is 226 Å². The summed E-state index contributed by atoms with van der Waals surface area (Å²) >= 11 is 6.30. The van der Waals surface area contributed by atoms with Gasteiger partial charge in [0.05, 0.1) is 0 Å². The molecule has 0 aromatic heterocycles. The van der Waals surface area contributed by atoms with Crippen LogP contribution in [0.3, 0.4) is 0 Å². The Hall–Kier alpha value is -0.760. The second kappa shape index (κ2) is 8.62. The highest BCUT2D eigenvalue weighted by Gasteiger charge is 2.70. The molecular weight excluding hydrogens is 464 g/mol. The van der Waals surface area contributed by atoms with E-state index in [4.69, 9.17) is 16.3 Å². The molecule has 202 valence electrons. The van der Waals surface area contributed by atoms with Crippen molar-refractivity contribution in [3.05, 3.63) is 23.8 Å². The normalized spacial score (nSPS) is 51.6. The van der Waals surface area contributed by atoms with Crippen LogP contribution >= 0.6 is 11.6 Å². The number of allylic oxidation sites excluding steroid dienone is 2. The summed E-state index contributed by atoms with van der Waals surface area (Å²) in [5.41, 5.74) is 4.54. The zero-order valence-electron chi connectivity index (χ0n) is 24.1. The zero-order chi connectivity index (χ0) is 26.3. The summed E-state index contributed by atoms with van der Waals surface area (Å²) in [6.07, 6.45) is 15.1. The first-order valence-electron chi connectivity index (χ1n) is 14.9. The average molecular weight is 515 g/mol. The van der Waals surface area contributed by atoms with E-state index in [2.05, 4.69) is 54.2 Å². The van der Waals surface area contributed by atoms with Gasteiger partial charge >= 0.3 is 5.97 Å². The number of esters is 1. The molecule has 10 atom stereocenters. The van der Waals surface area contributed by atoms with Gasteiger partial charge in [-0.3, -0.25) is 4.79 Å². The second-order valence-corrected chi connectivity index (χ2v) is 15.4. The Kier molecular flexibility index (Phi) is 6.43. The van der Waals surface area contributed by atoms with E-state index in [9.17, 15) is 4.79 Å². The smallest absolute Gasteiger partial charge is 0.302 e. The minimum Gasteiger partial charge on any atom is -0.462 e. The van der Waals surface area contributed by atoms with Crippen molar-refractivity contribution >= 4 is 17.6 Å². The van der Waals surface area contributed by atoms with E-state index < -0.39 is 0 Å². The van der Waals surface area contributed by atoms with Gasteiger partial charge in [0.1, 0.15) is 6.10 Å². The summed E-state index contributed by atoms with van der Waals surface area (Å²) in [7, 11) is 0. The quantitative estimate of drug-likeness (QED) is 0.277. The molecule has 0 heterocycles. The van der Waals surface area contributed by atoms with Crippen molar-refractivity contribution in [2.45, 2.75) is 119 Å². The van der Waals surface area contributed by atoms with E-state index in [1.807, 2.05) is 5.54 Å². The molecule has 0 aromatic rings. The molecule has 5 rings (SSSR count). The molecule has 5 fully saturated rings. The van der Waals surface area contributed by atoms with E-state index in [0.29, 0.717) is 34.0 Å². The van der Waals surface area contributed by atoms with Crippen LogP contribution in [0.4, 0.5) is 0 Å². The summed E-state index contributed by atoms with van der Waals surface area (Å²) in [4.78, 5) is 11.9. The molecule has 5 saturated carbocycles. The summed E-state index contributed by atoms with van der Waals surface area (Å²) < 4.78 is 5.92. The standard InChI is InChI=1S/C33H51ClO2/c1-21(2)23-11-16-33(19-20-34)18-17-31(7)24(28(23)33)9-10-26-30(6)14-13-27(36-22(3)35)29(4,5)25(30)12-15-32(26,31)8/h19-20,23-28H,1,9-18H2,2-8H3/b20-19+/t23-,24?,25?,26?,27-,28?,30-,31+,32+,33+/m0/s1. The van der Waals surface area contributed by atoms with Crippen molar-refractivity contribution in [3.8, 4) is 0 Å². The molecule has 0 aliphatic heterocycles. The highest BCUT2D eigenvalue weighted by molar-refractivity contribution is 6.25. The van der Waals surface area contributed by atoms with Gasteiger partial charge in [-0.1, -0.05) is 64.4 Å². The minimum absolute atomic E-state index is 0.0289. The average Bonchev–Trinajstić information content (AvgIpc) is 3.16. The van der Waals surface area contributed by atoms with E-state index in [1.165, 1.54) is 63.4 Å². The summed E-state index contributed by atoms with van der Waals surface area (Å²) in [6, 6.07) is 0. The molecule has 36 heavy (non-hydrogen) atoms. The second-order valence-electron chi connectivity index (χ2n) is 15.2. The van der Waals surface area contributed by atoms with Crippen LogP contribution in [0, 0.1) is 56.7 Å². The highest BCUT2D eigenvalue weighted by atomic mass is 35.5. The third-order valence-electron chi connectivity index (χ3n) is 13.8. The van der Waals surface area contributed by atoms with Crippen LogP contribution in [0.25, 0.3) is 0 Å². The lowest BCUT2D eigenvalue weighted by Crippen LogP contribution is -2.66. The minimum atomic E-state index is -0.120. The molecule has 0 spiro atoms. The number of carbonyl (C=O) groups excluding carboxylic acids is 1. The maximum absolute atomic E-state index is 11.9. The first kappa shape index (κ1) is 26.8. The summed E-state index contributed by atoms with van der Waals surface area (Å²) in [6.45, 7) is 21.2. The molecule has 0 amide bonds. The van der Waals surface area contributed by atoms with Crippen molar-refractivity contribution in [1.29, 1.82) is 0 Å². The molecule has 3 heteroatoms. The van der Waals surface area contributed by atoms with Crippen molar-refractivity contribution in [3.63, 3.8) is 0 Å². The molecule has 5 aliphatic carbocycles. The number of hydrogen-bond acceptors (Lipinski definition) is 2. The van der Waals surface area contributed by atoms with Gasteiger partial charge in [0.25, 0.3) is 0 Å². The van der Waals surface area contributed by atoms with E-state index >= 15 is 0 Å². The Balaban J connectivity index is 1.52. The van der Waals surface area contributed by atoms with Crippen LogP contribution in [-0.4, -0.2) is 12.1 Å². The van der Waals surface area contributed by atoms with E-state index in [0.717, 1.165) is 18.3 Å². The van der Waals surface area contributed by atoms with Gasteiger partial charge in [-0.05, 0) is 122 Å². The highest BCUT2D eigenvalue weighted by Crippen LogP contribution is 2.77. The largest absolute Gasteiger partial charge is 0.462 e. The molecule has 0 bridgehead atoms. The SMILES string of the molecule is C=C(C)[C@@H]1CC[C@]2(/C=C/Cl)CC[C@]3(C)C(CCC4[C@@]5(C)CC[C@H](OC(C)=O)C(C)(C)C5CC[C@]43C)C12. The number of halogens is 1. The lowest BCUT2D eigenvalue weighted by Gasteiger charge is -2.73. The van der Waals surface area contributed by atoms with Gasteiger partial charge in [0, 0.05) is 17.9 Å². The third kappa shape index (κ3) is 3.44. The first-order chi connectivity index (χ1) is 16.8. The predicted molar refractivity (Wildman–Crippen MR) is 150 cm³/mol. The van der Waals surface area contributed by atoms with Crippen LogP contribution in [0.15, 0.2) is 23.8 Å². The Morgan fingerprint density at radius 1 is 0.861 bits per heavy atom. The summed E-state index contributed by atoms with van der Waals surface area (Å²) in [5.74, 6) is 3.29. The predicted octanol–water partition coefficient (Wildman–Crippen LogP) is 9.33. The van der Waals surface area contributed by atoms with Crippen LogP contribution in [0.5, 0.6) is 0 Å². The molecule has 0 N–H and O–H groups in total. The monoisotopic (exact) mass is 514 g/mol. The van der Waals surface area contributed by atoms with Crippen LogP contribution in [0.1, 0.15) is 113 Å². The first-order valence-corrected chi connectivity index (χ1v) is 15.3. The molecule has 5 aliphatic rings. The fourth-order valence-corrected chi connectivity index (χ4v) is 12.2. The van der Waals surface area contributed by atoms with Gasteiger partial charge in [-0.15, -0.1) is 0 Å². The van der Waals surface area contributed by atoms with Gasteiger partial charge in [0.2, 0.25) is 0 Å². The van der Waals surface area contributed by atoms with Gasteiger partial charge in [-0.25, -0.2) is 0 Å². The van der Waals surface area contributed by atoms with Crippen molar-refractivity contribution in [2.75, 3.05) is 0 Å². The fraction of sp³-hybridized carbons (Fsp3) is 0.848. The maximum atomic E-state index is 11.9. The Bertz CT molecular complexity index is 951. The number of ether oxygens (including phenoxy) is 1. The number of carbonyl (C=O) groups is 1. The summed E-state index contributed by atoms with van der Waals surface area (Å²) in [5, 5.41) is 0. The fourth-order valence-electron chi connectivity index (χ4n) is 12.0. The van der Waals surface area contributed by atoms with Crippen LogP contribution in [0.2, 0.25) is 0 Å². The molecular formula is C33H51ClO2. The Morgan fingerprint density at radius 3 is 2.22 bits per heavy atom. The molecule has 2 nitrogen and oxygen atoms in total. The van der Waals surface area contributed by atoms with Crippen molar-refractivity contribution in [2.24, 2.45) is 56.7 Å². The Morgan fingerprint density at radius 2 is 1.58 bits per heavy atom. The lowest BCUT2D eigenvalue weighted by atomic mass is 9.32. The number of fused-ring (bicyclic) bond motifs is 7. The van der Waals surface area contributed by atoms with Crippen molar-refractivity contribution < 1.29 is 9.53 Å². The van der Waals surface area contributed by atoms with Gasteiger partial charge < -0.3 is 4.74 Å². The molecule has 4 unspecified atom stereocenters. The maximum Gasteiger partial charge on any atom is 0.302 e. The lowest BCUT2D eigenvalue weighted by molar-refractivity contribution is -0.247. The molecule has 0 saturated heterocycles. The van der Waals surface area contributed by atoms with Crippen LogP contribution < -0.4 is 0 Å². The number of rotatable bonds is 3. The molecule has 0 radical (unpaired) electrons. The van der Waals surface area contributed by atoms with E-state index in [-0.39, 0.29) is 22.9 Å². The third-order valence-corrected chi connectivity index (χ3v) is 13.9. The topological polar surface area (TPSA) is 26.3 Å². The number of hydrogen-bond donors (Lipinski definition) is 0. The van der Waals surface area contributed by atoms with Crippen molar-refractivity contribution in [1.82, 2.24) is 0 Å². The van der Waals surface area contributed by atoms with Gasteiger partial charge in [-0.2, -0.15) is 0 Å². The zero-order valence-corrected chi connectivity index (χ0v) is 24.8.